The number of oxime groups is 1. The van der Waals surface area contributed by atoms with E-state index in [4.69, 9.17) is 30.9 Å². The molecule has 0 N–H and O–H groups in total. The van der Waals surface area contributed by atoms with Gasteiger partial charge in [0.25, 0.3) is 17.7 Å². The van der Waals surface area contributed by atoms with Crippen molar-refractivity contribution in [3.8, 4) is 17.8 Å². The number of carbonyl (C=O) groups is 1. The van der Waals surface area contributed by atoms with E-state index in [9.17, 15) is 10.1 Å². The van der Waals surface area contributed by atoms with Crippen molar-refractivity contribution < 1.29 is 19.1 Å². The second-order valence-electron chi connectivity index (χ2n) is 8.53. The highest BCUT2D eigenvalue weighted by atomic mass is 35.5. The number of halogens is 1. The van der Waals surface area contributed by atoms with Gasteiger partial charge >= 0.3 is 0 Å². The highest BCUT2D eigenvalue weighted by molar-refractivity contribution is 7.10. The Hall–Kier alpha value is -3.75. The second-order valence-corrected chi connectivity index (χ2v) is 9.83. The molecule has 0 saturated carbocycles. The van der Waals surface area contributed by atoms with Gasteiger partial charge in [0.15, 0.2) is 12.7 Å². The van der Waals surface area contributed by atoms with Gasteiger partial charge in [0.2, 0.25) is 0 Å². The van der Waals surface area contributed by atoms with E-state index in [1.54, 1.807) is 34.4 Å². The Balaban J connectivity index is 1.15. The van der Waals surface area contributed by atoms with E-state index >= 15 is 0 Å². The molecule has 0 bridgehead atoms. The molecule has 1 atom stereocenters. The van der Waals surface area contributed by atoms with Crippen molar-refractivity contribution >= 4 is 34.6 Å². The molecule has 2 aliphatic heterocycles. The number of nitriles is 1. The topological polar surface area (TPSA) is 123 Å². The Bertz CT molecular complexity index is 1370. The molecule has 0 spiro atoms. The molecule has 1 amide bonds. The van der Waals surface area contributed by atoms with Gasteiger partial charge in [-0.05, 0) is 25.0 Å². The van der Waals surface area contributed by atoms with E-state index in [1.807, 2.05) is 5.38 Å². The fourth-order valence-corrected chi connectivity index (χ4v) is 5.70. The monoisotopic (exact) mass is 538 g/mol. The lowest BCUT2D eigenvalue weighted by Crippen LogP contribution is -2.40. The lowest BCUT2D eigenvalue weighted by molar-refractivity contribution is -0.134. The minimum atomic E-state index is -0.415. The first-order valence-corrected chi connectivity index (χ1v) is 13.0. The van der Waals surface area contributed by atoms with Crippen LogP contribution in [0.3, 0.4) is 0 Å². The molecular formula is C25H23ClN6O4S. The summed E-state index contributed by atoms with van der Waals surface area (Å²) in [5.74, 6) is 0.597. The number of thiazole rings is 1. The standard InChI is InChI=1S/C25H23ClN6O4S/c1-34-23-24(29-8-7-28-23)35-13-21(33)32-9-5-15(6-10-32)25-30-19(14-37-25)18-11-20(36-31-18)22-16(12-27)3-2-4-17(22)26/h2-4,7-8,14-15,20H,5-6,9-11,13H2,1H3. The zero-order valence-electron chi connectivity index (χ0n) is 20.0. The van der Waals surface area contributed by atoms with Crippen molar-refractivity contribution in [1.29, 1.82) is 5.26 Å². The fourth-order valence-electron chi connectivity index (χ4n) is 4.40. The van der Waals surface area contributed by atoms with E-state index in [1.165, 1.54) is 19.5 Å². The predicted molar refractivity (Wildman–Crippen MR) is 136 cm³/mol. The number of piperidine rings is 1. The summed E-state index contributed by atoms with van der Waals surface area (Å²) in [6.45, 7) is 1.12. The van der Waals surface area contributed by atoms with Gasteiger partial charge in [-0.15, -0.1) is 11.3 Å². The third kappa shape index (κ3) is 5.35. The maximum atomic E-state index is 12.6. The molecule has 0 aliphatic carbocycles. The highest BCUT2D eigenvalue weighted by Crippen LogP contribution is 2.37. The Morgan fingerprint density at radius 2 is 2.05 bits per heavy atom. The van der Waals surface area contributed by atoms with E-state index in [0.717, 1.165) is 29.3 Å². The Morgan fingerprint density at radius 1 is 1.27 bits per heavy atom. The van der Waals surface area contributed by atoms with Crippen LogP contribution in [0.1, 0.15) is 53.1 Å². The normalized spacial score (nSPS) is 17.6. The Morgan fingerprint density at radius 3 is 2.81 bits per heavy atom. The predicted octanol–water partition coefficient (Wildman–Crippen LogP) is 4.12. The molecule has 1 aromatic carbocycles. The van der Waals surface area contributed by atoms with Gasteiger partial charge in [-0.2, -0.15) is 5.26 Å². The first-order valence-electron chi connectivity index (χ1n) is 11.7. The molecule has 4 heterocycles. The van der Waals surface area contributed by atoms with Crippen molar-refractivity contribution in [2.45, 2.75) is 31.3 Å². The molecule has 1 unspecified atom stereocenters. The number of hydrogen-bond acceptors (Lipinski definition) is 10. The fraction of sp³-hybridized carbons (Fsp3) is 0.360. The summed E-state index contributed by atoms with van der Waals surface area (Å²) in [4.78, 5) is 33.0. The highest BCUT2D eigenvalue weighted by Gasteiger charge is 2.31. The van der Waals surface area contributed by atoms with Crippen LogP contribution < -0.4 is 9.47 Å². The van der Waals surface area contributed by atoms with Crippen LogP contribution in [-0.4, -0.2) is 58.3 Å². The van der Waals surface area contributed by atoms with Gasteiger partial charge < -0.3 is 19.2 Å². The van der Waals surface area contributed by atoms with Crippen LogP contribution in [0.5, 0.6) is 11.8 Å². The molecule has 190 valence electrons. The molecule has 5 rings (SSSR count). The zero-order valence-corrected chi connectivity index (χ0v) is 21.5. The van der Waals surface area contributed by atoms with Gasteiger partial charge in [0, 0.05) is 53.8 Å². The second kappa shape index (κ2) is 11.1. The van der Waals surface area contributed by atoms with Crippen LogP contribution in [0.4, 0.5) is 0 Å². The first-order chi connectivity index (χ1) is 18.1. The smallest absolute Gasteiger partial charge is 0.278 e. The zero-order chi connectivity index (χ0) is 25.8. The summed E-state index contributed by atoms with van der Waals surface area (Å²) in [6.07, 6.45) is 4.68. The average molecular weight is 539 g/mol. The maximum Gasteiger partial charge on any atom is 0.278 e. The number of aromatic nitrogens is 3. The maximum absolute atomic E-state index is 12.6. The van der Waals surface area contributed by atoms with Crippen molar-refractivity contribution in [1.82, 2.24) is 19.9 Å². The molecule has 2 aliphatic rings. The minimum absolute atomic E-state index is 0.106. The number of carbonyl (C=O) groups excluding carboxylic acids is 1. The van der Waals surface area contributed by atoms with Crippen LogP contribution in [0.2, 0.25) is 5.02 Å². The van der Waals surface area contributed by atoms with Crippen molar-refractivity contribution in [3.05, 3.63) is 62.8 Å². The van der Waals surface area contributed by atoms with E-state index in [-0.39, 0.29) is 30.2 Å². The summed E-state index contributed by atoms with van der Waals surface area (Å²) in [5.41, 5.74) is 2.65. The molecule has 3 aromatic rings. The molecular weight excluding hydrogens is 516 g/mol. The summed E-state index contributed by atoms with van der Waals surface area (Å²) in [6, 6.07) is 7.38. The van der Waals surface area contributed by atoms with Crippen molar-refractivity contribution in [3.63, 3.8) is 0 Å². The van der Waals surface area contributed by atoms with Crippen molar-refractivity contribution in [2.75, 3.05) is 26.8 Å². The number of benzene rings is 1. The molecule has 37 heavy (non-hydrogen) atoms. The average Bonchev–Trinajstić information content (AvgIpc) is 3.62. The number of rotatable bonds is 7. The first kappa shape index (κ1) is 24.9. The molecule has 10 nitrogen and oxygen atoms in total. The third-order valence-corrected chi connectivity index (χ3v) is 7.67. The largest absolute Gasteiger partial charge is 0.477 e. The molecule has 2 aromatic heterocycles. The molecule has 0 radical (unpaired) electrons. The van der Waals surface area contributed by atoms with Crippen LogP contribution >= 0.6 is 22.9 Å². The van der Waals surface area contributed by atoms with Crippen LogP contribution in [0.15, 0.2) is 41.1 Å². The summed E-state index contributed by atoms with van der Waals surface area (Å²) >= 11 is 7.93. The summed E-state index contributed by atoms with van der Waals surface area (Å²) < 4.78 is 10.6. The van der Waals surface area contributed by atoms with Crippen LogP contribution in [-0.2, 0) is 9.63 Å². The Labute approximate surface area is 222 Å². The SMILES string of the molecule is COc1nccnc1OCC(=O)N1CCC(c2nc(C3=NOC(c4c(Cl)cccc4C#N)C3)cs2)CC1. The number of methoxy groups -OCH3 is 1. The number of nitrogens with zero attached hydrogens (tertiary/aromatic N) is 6. The van der Waals surface area contributed by atoms with Crippen molar-refractivity contribution in [2.24, 2.45) is 5.16 Å². The van der Waals surface area contributed by atoms with Gasteiger partial charge in [-0.25, -0.2) is 15.0 Å². The number of ether oxygens (including phenoxy) is 2. The summed E-state index contributed by atoms with van der Waals surface area (Å²) in [7, 11) is 1.47. The molecule has 12 heteroatoms. The van der Waals surface area contributed by atoms with Gasteiger partial charge in [0.1, 0.15) is 5.71 Å². The van der Waals surface area contributed by atoms with Crippen LogP contribution in [0, 0.1) is 11.3 Å². The molecule has 1 fully saturated rings. The lowest BCUT2D eigenvalue weighted by Gasteiger charge is -2.31. The minimum Gasteiger partial charge on any atom is -0.477 e. The van der Waals surface area contributed by atoms with Gasteiger partial charge in [-0.3, -0.25) is 4.79 Å². The Kier molecular flexibility index (Phi) is 7.48. The van der Waals surface area contributed by atoms with E-state index in [0.29, 0.717) is 35.7 Å². The quantitative estimate of drug-likeness (QED) is 0.440. The lowest BCUT2D eigenvalue weighted by atomic mass is 9.97. The van der Waals surface area contributed by atoms with E-state index < -0.39 is 6.10 Å². The number of hydrogen-bond donors (Lipinski definition) is 0. The van der Waals surface area contributed by atoms with Crippen LogP contribution in [0.25, 0.3) is 0 Å². The molecule has 1 saturated heterocycles. The third-order valence-electron chi connectivity index (χ3n) is 6.34. The van der Waals surface area contributed by atoms with Gasteiger partial charge in [0.05, 0.1) is 29.4 Å². The van der Waals surface area contributed by atoms with E-state index in [2.05, 4.69) is 21.2 Å². The number of likely N-dealkylation sites (tertiary alicyclic amines) is 1. The summed E-state index contributed by atoms with van der Waals surface area (Å²) in [5, 5.41) is 17.2. The van der Waals surface area contributed by atoms with Gasteiger partial charge in [-0.1, -0.05) is 22.8 Å². The number of amides is 1.